The largest absolute Gasteiger partial charge is 0.478 e. The van der Waals surface area contributed by atoms with Crippen molar-refractivity contribution in [2.24, 2.45) is 5.92 Å². The smallest absolute Gasteiger partial charge is 0.338 e. The van der Waals surface area contributed by atoms with Crippen LogP contribution in [0.3, 0.4) is 0 Å². The summed E-state index contributed by atoms with van der Waals surface area (Å²) in [6, 6.07) is 1.75. The minimum Gasteiger partial charge on any atom is -0.478 e. The van der Waals surface area contributed by atoms with Crippen molar-refractivity contribution in [3.05, 3.63) is 33.6 Å². The fourth-order valence-corrected chi connectivity index (χ4v) is 2.26. The molecule has 1 aliphatic carbocycles. The average molecular weight is 282 g/mol. The molecule has 0 aliphatic heterocycles. The standard InChI is InChI=1S/C13H15FN2O4/c1-7(8-3-4-8)15(2)11-5-9(13(17)18)10(14)6-12(11)16(19)20/h5-8H,3-4H2,1-2H3,(H,17,18). The van der Waals surface area contributed by atoms with Gasteiger partial charge in [-0.3, -0.25) is 10.1 Å². The zero-order chi connectivity index (χ0) is 15.0. The normalized spacial score (nSPS) is 15.8. The third-order valence-electron chi connectivity index (χ3n) is 3.79. The first-order valence-electron chi connectivity index (χ1n) is 6.27. The van der Waals surface area contributed by atoms with E-state index in [9.17, 15) is 19.3 Å². The lowest BCUT2D eigenvalue weighted by molar-refractivity contribution is -0.384. The molecule has 1 aliphatic rings. The van der Waals surface area contributed by atoms with Crippen LogP contribution < -0.4 is 4.90 Å². The molecule has 2 rings (SSSR count). The summed E-state index contributed by atoms with van der Waals surface area (Å²) in [6.07, 6.45) is 2.10. The van der Waals surface area contributed by atoms with Gasteiger partial charge in [0, 0.05) is 13.1 Å². The van der Waals surface area contributed by atoms with Gasteiger partial charge in [0.25, 0.3) is 5.69 Å². The zero-order valence-corrected chi connectivity index (χ0v) is 11.2. The Hall–Kier alpha value is -2.18. The number of hydrogen-bond acceptors (Lipinski definition) is 4. The van der Waals surface area contributed by atoms with Gasteiger partial charge in [-0.2, -0.15) is 0 Å². The van der Waals surface area contributed by atoms with E-state index in [1.54, 1.807) is 11.9 Å². The molecule has 1 fully saturated rings. The van der Waals surface area contributed by atoms with Gasteiger partial charge >= 0.3 is 5.97 Å². The fourth-order valence-electron chi connectivity index (χ4n) is 2.26. The number of nitro groups is 1. The summed E-state index contributed by atoms with van der Waals surface area (Å²) < 4.78 is 13.6. The van der Waals surface area contributed by atoms with E-state index < -0.39 is 28.0 Å². The van der Waals surface area contributed by atoms with Crippen molar-refractivity contribution in [3.63, 3.8) is 0 Å². The maximum Gasteiger partial charge on any atom is 0.338 e. The summed E-state index contributed by atoms with van der Waals surface area (Å²) in [4.78, 5) is 23.0. The number of anilines is 1. The van der Waals surface area contributed by atoms with Crippen LogP contribution in [0, 0.1) is 21.8 Å². The van der Waals surface area contributed by atoms with Gasteiger partial charge in [-0.05, 0) is 31.7 Å². The number of carbonyl (C=O) groups is 1. The van der Waals surface area contributed by atoms with E-state index in [2.05, 4.69) is 0 Å². The van der Waals surface area contributed by atoms with E-state index in [1.807, 2.05) is 6.92 Å². The Kier molecular flexibility index (Phi) is 3.61. The minimum atomic E-state index is -1.44. The Balaban J connectivity index is 2.49. The molecule has 0 heterocycles. The van der Waals surface area contributed by atoms with Crippen LogP contribution in [0.25, 0.3) is 0 Å². The molecule has 0 aromatic heterocycles. The van der Waals surface area contributed by atoms with Gasteiger partial charge in [-0.1, -0.05) is 0 Å². The Morgan fingerprint density at radius 2 is 2.15 bits per heavy atom. The number of rotatable bonds is 5. The van der Waals surface area contributed by atoms with Crippen LogP contribution in [0.1, 0.15) is 30.1 Å². The fraction of sp³-hybridized carbons (Fsp3) is 0.462. The molecule has 20 heavy (non-hydrogen) atoms. The Morgan fingerprint density at radius 3 is 2.60 bits per heavy atom. The molecule has 1 aromatic carbocycles. The number of carboxylic acids is 1. The first-order chi connectivity index (χ1) is 9.32. The van der Waals surface area contributed by atoms with Crippen LogP contribution >= 0.6 is 0 Å². The topological polar surface area (TPSA) is 83.7 Å². The van der Waals surface area contributed by atoms with E-state index in [0.29, 0.717) is 12.0 Å². The molecule has 6 nitrogen and oxygen atoms in total. The molecule has 1 aromatic rings. The SMILES string of the molecule is CC(C1CC1)N(C)c1cc(C(=O)O)c(F)cc1[N+](=O)[O-]. The maximum atomic E-state index is 13.6. The van der Waals surface area contributed by atoms with Crippen molar-refractivity contribution >= 4 is 17.3 Å². The Bertz CT molecular complexity index is 572. The van der Waals surface area contributed by atoms with Crippen molar-refractivity contribution in [3.8, 4) is 0 Å². The minimum absolute atomic E-state index is 0.0424. The predicted molar refractivity (Wildman–Crippen MR) is 70.6 cm³/mol. The van der Waals surface area contributed by atoms with Gasteiger partial charge in [0.1, 0.15) is 11.5 Å². The number of carboxylic acid groups (broad SMARTS) is 1. The summed E-state index contributed by atoms with van der Waals surface area (Å²) in [5.41, 5.74) is -0.837. The third-order valence-corrected chi connectivity index (χ3v) is 3.79. The second-order valence-electron chi connectivity index (χ2n) is 5.07. The molecule has 7 heteroatoms. The molecule has 1 saturated carbocycles. The number of aromatic carboxylic acids is 1. The van der Waals surface area contributed by atoms with Gasteiger partial charge in [-0.25, -0.2) is 9.18 Å². The highest BCUT2D eigenvalue weighted by atomic mass is 19.1. The van der Waals surface area contributed by atoms with Crippen LogP contribution in [-0.4, -0.2) is 29.1 Å². The summed E-state index contributed by atoms with van der Waals surface area (Å²) in [7, 11) is 1.66. The molecule has 0 radical (unpaired) electrons. The summed E-state index contributed by atoms with van der Waals surface area (Å²) in [5.74, 6) is -2.09. The first kappa shape index (κ1) is 14.2. The maximum absolute atomic E-state index is 13.6. The molecule has 0 amide bonds. The lowest BCUT2D eigenvalue weighted by Gasteiger charge is -2.27. The Morgan fingerprint density at radius 1 is 1.55 bits per heavy atom. The molecule has 1 unspecified atom stereocenters. The van der Waals surface area contributed by atoms with Gasteiger partial charge in [-0.15, -0.1) is 0 Å². The van der Waals surface area contributed by atoms with Crippen molar-refractivity contribution in [2.75, 3.05) is 11.9 Å². The highest BCUT2D eigenvalue weighted by molar-refractivity contribution is 5.90. The molecular formula is C13H15FN2O4. The van der Waals surface area contributed by atoms with Crippen molar-refractivity contribution < 1.29 is 19.2 Å². The molecule has 1 N–H and O–H groups in total. The summed E-state index contributed by atoms with van der Waals surface area (Å²) in [6.45, 7) is 1.92. The van der Waals surface area contributed by atoms with Gasteiger partial charge in [0.2, 0.25) is 0 Å². The molecular weight excluding hydrogens is 267 g/mol. The molecule has 0 saturated heterocycles. The van der Waals surface area contributed by atoms with Gasteiger partial charge < -0.3 is 10.0 Å². The predicted octanol–water partition coefficient (Wildman–Crippen LogP) is 2.67. The van der Waals surface area contributed by atoms with Crippen molar-refractivity contribution in [1.82, 2.24) is 0 Å². The molecule has 108 valence electrons. The number of nitrogens with zero attached hydrogens (tertiary/aromatic N) is 2. The van der Waals surface area contributed by atoms with Crippen LogP contribution in [0.5, 0.6) is 0 Å². The first-order valence-corrected chi connectivity index (χ1v) is 6.27. The molecule has 0 spiro atoms. The average Bonchev–Trinajstić information content (AvgIpc) is 3.20. The van der Waals surface area contributed by atoms with Crippen LogP contribution in [-0.2, 0) is 0 Å². The molecule has 1 atom stereocenters. The third kappa shape index (κ3) is 2.56. The van der Waals surface area contributed by atoms with Crippen molar-refractivity contribution in [1.29, 1.82) is 0 Å². The second kappa shape index (κ2) is 5.07. The van der Waals surface area contributed by atoms with E-state index in [0.717, 1.165) is 18.9 Å². The number of nitro benzene ring substituents is 1. The van der Waals surface area contributed by atoms with E-state index in [-0.39, 0.29) is 11.7 Å². The zero-order valence-electron chi connectivity index (χ0n) is 11.2. The van der Waals surface area contributed by atoms with Crippen LogP contribution in [0.15, 0.2) is 12.1 Å². The van der Waals surface area contributed by atoms with E-state index in [1.165, 1.54) is 0 Å². The van der Waals surface area contributed by atoms with Crippen LogP contribution in [0.4, 0.5) is 15.8 Å². The highest BCUT2D eigenvalue weighted by Gasteiger charge is 2.33. The number of halogens is 1. The number of benzene rings is 1. The van der Waals surface area contributed by atoms with Crippen molar-refractivity contribution in [2.45, 2.75) is 25.8 Å². The van der Waals surface area contributed by atoms with E-state index >= 15 is 0 Å². The van der Waals surface area contributed by atoms with Gasteiger partial charge in [0.15, 0.2) is 0 Å². The highest BCUT2D eigenvalue weighted by Crippen LogP contribution is 2.39. The van der Waals surface area contributed by atoms with Gasteiger partial charge in [0.05, 0.1) is 16.6 Å². The lowest BCUT2D eigenvalue weighted by atomic mass is 10.1. The quantitative estimate of drug-likeness (QED) is 0.663. The summed E-state index contributed by atoms with van der Waals surface area (Å²) >= 11 is 0. The lowest BCUT2D eigenvalue weighted by Crippen LogP contribution is -2.31. The Labute approximate surface area is 115 Å². The monoisotopic (exact) mass is 282 g/mol. The second-order valence-corrected chi connectivity index (χ2v) is 5.07. The van der Waals surface area contributed by atoms with E-state index in [4.69, 9.17) is 5.11 Å². The molecule has 0 bridgehead atoms. The summed E-state index contributed by atoms with van der Waals surface area (Å²) in [5, 5.41) is 20.0. The number of hydrogen-bond donors (Lipinski definition) is 1. The van der Waals surface area contributed by atoms with Crippen LogP contribution in [0.2, 0.25) is 0 Å².